The van der Waals surface area contributed by atoms with Crippen LogP contribution < -0.4 is 4.90 Å². The molecule has 0 radical (unpaired) electrons. The number of rotatable bonds is 3. The van der Waals surface area contributed by atoms with E-state index in [0.29, 0.717) is 5.82 Å². The van der Waals surface area contributed by atoms with Crippen LogP contribution >= 0.6 is 11.3 Å². The molecule has 1 atom stereocenters. The number of nitro groups is 1. The van der Waals surface area contributed by atoms with Crippen molar-refractivity contribution in [2.45, 2.75) is 32.2 Å². The molecule has 1 aliphatic carbocycles. The van der Waals surface area contributed by atoms with Gasteiger partial charge in [-0.2, -0.15) is 0 Å². The maximum Gasteiger partial charge on any atom is 0.311 e. The molecule has 1 unspecified atom stereocenters. The number of fused-ring (bicyclic) bond motifs is 1. The summed E-state index contributed by atoms with van der Waals surface area (Å²) in [4.78, 5) is 22.8. The number of thiazole rings is 1. The van der Waals surface area contributed by atoms with Crippen LogP contribution in [-0.2, 0) is 6.42 Å². The van der Waals surface area contributed by atoms with E-state index in [1.165, 1.54) is 10.9 Å². The molecule has 21 heavy (non-hydrogen) atoms. The van der Waals surface area contributed by atoms with Gasteiger partial charge in [0.25, 0.3) is 0 Å². The summed E-state index contributed by atoms with van der Waals surface area (Å²) >= 11 is 1.69. The fraction of sp³-hybridized carbons (Fsp3) is 0.429. The molecule has 2 heterocycles. The van der Waals surface area contributed by atoms with Crippen molar-refractivity contribution in [2.24, 2.45) is 0 Å². The van der Waals surface area contributed by atoms with E-state index in [-0.39, 0.29) is 16.7 Å². The SMILES string of the molecule is Cc1nc2c(s1)C(N(C)c1ncccc1[N+](=O)[O-])CCC2. The van der Waals surface area contributed by atoms with Gasteiger partial charge in [0.1, 0.15) is 0 Å². The van der Waals surface area contributed by atoms with E-state index < -0.39 is 0 Å². The standard InChI is InChI=1S/C14H16N4O2S/c1-9-16-10-5-3-6-11(13(10)21-9)17(2)14-12(18(19)20)7-4-8-15-14/h4,7-8,11H,3,5-6H2,1-2H3. The zero-order chi connectivity index (χ0) is 15.0. The van der Waals surface area contributed by atoms with Crippen LogP contribution in [0.3, 0.4) is 0 Å². The molecule has 0 aliphatic heterocycles. The number of aryl methyl sites for hydroxylation is 2. The summed E-state index contributed by atoms with van der Waals surface area (Å²) < 4.78 is 0. The fourth-order valence-corrected chi connectivity index (χ4v) is 3.99. The predicted octanol–water partition coefficient (Wildman–Crippen LogP) is 3.27. The lowest BCUT2D eigenvalue weighted by Gasteiger charge is -2.31. The highest BCUT2D eigenvalue weighted by molar-refractivity contribution is 7.11. The maximum atomic E-state index is 11.2. The largest absolute Gasteiger partial charge is 0.346 e. The second-order valence-corrected chi connectivity index (χ2v) is 6.40. The second kappa shape index (κ2) is 5.40. The van der Waals surface area contributed by atoms with E-state index in [1.807, 2.05) is 18.9 Å². The van der Waals surface area contributed by atoms with Crippen LogP contribution in [0.4, 0.5) is 11.5 Å². The Balaban J connectivity index is 2.00. The van der Waals surface area contributed by atoms with E-state index in [1.54, 1.807) is 23.6 Å². The van der Waals surface area contributed by atoms with Gasteiger partial charge in [-0.05, 0) is 32.3 Å². The molecule has 3 rings (SSSR count). The molecule has 0 bridgehead atoms. The Kier molecular flexibility index (Phi) is 3.59. The van der Waals surface area contributed by atoms with Crippen molar-refractivity contribution >= 4 is 22.8 Å². The van der Waals surface area contributed by atoms with E-state index in [2.05, 4.69) is 9.97 Å². The molecule has 0 amide bonds. The molecule has 6 nitrogen and oxygen atoms in total. The Morgan fingerprint density at radius 2 is 2.33 bits per heavy atom. The number of hydrogen-bond acceptors (Lipinski definition) is 6. The first-order valence-corrected chi connectivity index (χ1v) is 7.68. The van der Waals surface area contributed by atoms with Gasteiger partial charge < -0.3 is 4.90 Å². The van der Waals surface area contributed by atoms with Crippen molar-refractivity contribution in [3.8, 4) is 0 Å². The number of aromatic nitrogens is 2. The number of hydrogen-bond donors (Lipinski definition) is 0. The van der Waals surface area contributed by atoms with Crippen LogP contribution in [0.25, 0.3) is 0 Å². The van der Waals surface area contributed by atoms with Crippen molar-refractivity contribution < 1.29 is 4.92 Å². The third-order valence-corrected chi connectivity index (χ3v) is 4.91. The quantitative estimate of drug-likeness (QED) is 0.643. The van der Waals surface area contributed by atoms with E-state index in [0.717, 1.165) is 30.0 Å². The van der Waals surface area contributed by atoms with Gasteiger partial charge in [-0.25, -0.2) is 9.97 Å². The van der Waals surface area contributed by atoms with E-state index in [4.69, 9.17) is 0 Å². The first kappa shape index (κ1) is 13.9. The molecule has 2 aromatic rings. The van der Waals surface area contributed by atoms with Crippen LogP contribution in [0.2, 0.25) is 0 Å². The summed E-state index contributed by atoms with van der Waals surface area (Å²) in [7, 11) is 1.88. The predicted molar refractivity (Wildman–Crippen MR) is 81.8 cm³/mol. The van der Waals surface area contributed by atoms with Crippen molar-refractivity contribution in [3.63, 3.8) is 0 Å². The van der Waals surface area contributed by atoms with Gasteiger partial charge in [-0.3, -0.25) is 10.1 Å². The molecule has 0 spiro atoms. The Labute approximate surface area is 126 Å². The maximum absolute atomic E-state index is 11.2. The average Bonchev–Trinajstić information content (AvgIpc) is 2.86. The van der Waals surface area contributed by atoms with Crippen LogP contribution in [0.1, 0.15) is 34.5 Å². The molecule has 0 N–H and O–H groups in total. The zero-order valence-electron chi connectivity index (χ0n) is 11.9. The number of nitrogens with zero attached hydrogens (tertiary/aromatic N) is 4. The second-order valence-electron chi connectivity index (χ2n) is 5.17. The first-order chi connectivity index (χ1) is 10.1. The minimum atomic E-state index is -0.375. The highest BCUT2D eigenvalue weighted by Crippen LogP contribution is 2.40. The lowest BCUT2D eigenvalue weighted by Crippen LogP contribution is -2.28. The minimum absolute atomic E-state index is 0.0494. The van der Waals surface area contributed by atoms with E-state index >= 15 is 0 Å². The molecule has 7 heteroatoms. The van der Waals surface area contributed by atoms with Crippen molar-refractivity contribution in [3.05, 3.63) is 44.0 Å². The molecule has 110 valence electrons. The molecule has 0 fully saturated rings. The van der Waals surface area contributed by atoms with Gasteiger partial charge in [0.2, 0.25) is 5.82 Å². The van der Waals surface area contributed by atoms with Crippen LogP contribution in [0, 0.1) is 17.0 Å². The van der Waals surface area contributed by atoms with Crippen LogP contribution in [0.15, 0.2) is 18.3 Å². The van der Waals surface area contributed by atoms with Crippen LogP contribution in [0.5, 0.6) is 0 Å². The Morgan fingerprint density at radius 1 is 1.52 bits per heavy atom. The highest BCUT2D eigenvalue weighted by atomic mass is 32.1. The van der Waals surface area contributed by atoms with Gasteiger partial charge in [0.05, 0.1) is 26.5 Å². The number of anilines is 1. The van der Waals surface area contributed by atoms with Gasteiger partial charge in [0, 0.05) is 19.3 Å². The van der Waals surface area contributed by atoms with Crippen molar-refractivity contribution in [1.82, 2.24) is 9.97 Å². The normalized spacial score (nSPS) is 17.3. The van der Waals surface area contributed by atoms with Crippen molar-refractivity contribution in [1.29, 1.82) is 0 Å². The monoisotopic (exact) mass is 304 g/mol. The van der Waals surface area contributed by atoms with Gasteiger partial charge in [-0.15, -0.1) is 11.3 Å². The zero-order valence-corrected chi connectivity index (χ0v) is 12.8. The molecule has 1 aliphatic rings. The fourth-order valence-electron chi connectivity index (χ4n) is 2.84. The summed E-state index contributed by atoms with van der Waals surface area (Å²) in [6.07, 6.45) is 4.61. The minimum Gasteiger partial charge on any atom is -0.346 e. The third kappa shape index (κ3) is 2.49. The Hall–Kier alpha value is -2.02. The van der Waals surface area contributed by atoms with Gasteiger partial charge >= 0.3 is 5.69 Å². The molecular weight excluding hydrogens is 288 g/mol. The summed E-state index contributed by atoms with van der Waals surface area (Å²) in [5, 5.41) is 12.2. The summed E-state index contributed by atoms with van der Waals surface area (Å²) in [5.74, 6) is 0.423. The molecule has 0 saturated carbocycles. The topological polar surface area (TPSA) is 72.2 Å². The molecular formula is C14H16N4O2S. The van der Waals surface area contributed by atoms with Crippen molar-refractivity contribution in [2.75, 3.05) is 11.9 Å². The number of pyridine rings is 1. The summed E-state index contributed by atoms with van der Waals surface area (Å²) in [6, 6.07) is 3.22. The molecule has 0 aromatic carbocycles. The summed E-state index contributed by atoms with van der Waals surface area (Å²) in [6.45, 7) is 2.00. The third-order valence-electron chi connectivity index (χ3n) is 3.79. The van der Waals surface area contributed by atoms with E-state index in [9.17, 15) is 10.1 Å². The Bertz CT molecular complexity index is 685. The van der Waals surface area contributed by atoms with Crippen LogP contribution in [-0.4, -0.2) is 21.9 Å². The Morgan fingerprint density at radius 3 is 3.10 bits per heavy atom. The van der Waals surface area contributed by atoms with Gasteiger partial charge in [0.15, 0.2) is 0 Å². The lowest BCUT2D eigenvalue weighted by atomic mass is 9.97. The highest BCUT2D eigenvalue weighted by Gasteiger charge is 2.30. The van der Waals surface area contributed by atoms with Gasteiger partial charge in [-0.1, -0.05) is 0 Å². The molecule has 2 aromatic heterocycles. The first-order valence-electron chi connectivity index (χ1n) is 6.86. The summed E-state index contributed by atoms with van der Waals surface area (Å²) in [5.41, 5.74) is 1.19. The lowest BCUT2D eigenvalue weighted by molar-refractivity contribution is -0.384. The average molecular weight is 304 g/mol. The molecule has 0 saturated heterocycles. The smallest absolute Gasteiger partial charge is 0.311 e.